The minimum atomic E-state index is -1.19. The Hall–Kier alpha value is -2.16. The molecule has 0 aliphatic rings. The number of aliphatic carboxylic acids is 2. The molecule has 0 unspecified atom stereocenters. The van der Waals surface area contributed by atoms with E-state index >= 15 is 0 Å². The summed E-state index contributed by atoms with van der Waals surface area (Å²) >= 11 is 0. The molecule has 0 saturated carbocycles. The monoisotopic (exact) mass is 317 g/mol. The highest BCUT2D eigenvalue weighted by atomic mass is 16.4. The average Bonchev–Trinajstić information content (AvgIpc) is 2.46. The van der Waals surface area contributed by atoms with E-state index in [0.717, 1.165) is 0 Å². The quantitative estimate of drug-likeness (QED) is 0.342. The SMILES string of the molecule is CC[C@H](C)[C@H](NC(=O)[C@H](CCC(=O)O)NC(=O)CN)C(=O)O. The first-order chi connectivity index (χ1) is 10.2. The summed E-state index contributed by atoms with van der Waals surface area (Å²) in [6, 6.07) is -2.25. The van der Waals surface area contributed by atoms with Crippen molar-refractivity contribution >= 4 is 23.8 Å². The smallest absolute Gasteiger partial charge is 0.326 e. The van der Waals surface area contributed by atoms with Crippen molar-refractivity contribution in [2.24, 2.45) is 11.7 Å². The lowest BCUT2D eigenvalue weighted by Gasteiger charge is -2.24. The number of nitrogens with one attached hydrogen (secondary N) is 2. The fourth-order valence-electron chi connectivity index (χ4n) is 1.73. The highest BCUT2D eigenvalue weighted by molar-refractivity contribution is 5.91. The predicted molar refractivity (Wildman–Crippen MR) is 76.9 cm³/mol. The first-order valence-corrected chi connectivity index (χ1v) is 6.97. The van der Waals surface area contributed by atoms with Gasteiger partial charge in [0.25, 0.3) is 0 Å². The molecule has 22 heavy (non-hydrogen) atoms. The molecule has 0 aromatic heterocycles. The lowest BCUT2D eigenvalue weighted by Crippen LogP contribution is -2.54. The van der Waals surface area contributed by atoms with Crippen LogP contribution in [0.1, 0.15) is 33.1 Å². The van der Waals surface area contributed by atoms with Crippen LogP contribution in [-0.2, 0) is 19.2 Å². The van der Waals surface area contributed by atoms with Crippen molar-refractivity contribution in [1.82, 2.24) is 10.6 Å². The Labute approximate surface area is 128 Å². The van der Waals surface area contributed by atoms with Gasteiger partial charge < -0.3 is 26.6 Å². The fourth-order valence-corrected chi connectivity index (χ4v) is 1.73. The standard InChI is InChI=1S/C13H23N3O6/c1-3-7(2)11(13(21)22)16-12(20)8(4-5-10(18)19)15-9(17)6-14/h7-8,11H,3-6,14H2,1-2H3,(H,15,17)(H,16,20)(H,18,19)(H,21,22)/t7-,8-,11-/m0/s1. The Morgan fingerprint density at radius 3 is 2.14 bits per heavy atom. The number of nitrogens with two attached hydrogens (primary N) is 1. The van der Waals surface area contributed by atoms with Gasteiger partial charge in [-0.05, 0) is 12.3 Å². The minimum absolute atomic E-state index is 0.153. The van der Waals surface area contributed by atoms with Crippen molar-refractivity contribution in [2.75, 3.05) is 6.54 Å². The number of carboxylic acids is 2. The van der Waals surface area contributed by atoms with E-state index in [0.29, 0.717) is 6.42 Å². The molecule has 2 amide bonds. The number of carbonyl (C=O) groups excluding carboxylic acids is 2. The molecule has 0 aliphatic heterocycles. The van der Waals surface area contributed by atoms with E-state index in [1.165, 1.54) is 0 Å². The van der Waals surface area contributed by atoms with Crippen LogP contribution in [0.25, 0.3) is 0 Å². The van der Waals surface area contributed by atoms with Crippen molar-refractivity contribution < 1.29 is 29.4 Å². The maximum absolute atomic E-state index is 12.1. The molecule has 9 nitrogen and oxygen atoms in total. The molecular formula is C13H23N3O6. The van der Waals surface area contributed by atoms with Gasteiger partial charge in [0.05, 0.1) is 6.54 Å². The van der Waals surface area contributed by atoms with E-state index in [-0.39, 0.29) is 25.3 Å². The van der Waals surface area contributed by atoms with Gasteiger partial charge >= 0.3 is 11.9 Å². The van der Waals surface area contributed by atoms with E-state index in [1.54, 1.807) is 13.8 Å². The van der Waals surface area contributed by atoms with Crippen LogP contribution in [0.3, 0.4) is 0 Å². The van der Waals surface area contributed by atoms with Gasteiger partial charge in [0.1, 0.15) is 12.1 Å². The molecule has 0 aromatic carbocycles. The summed E-state index contributed by atoms with van der Waals surface area (Å²) in [5.74, 6) is -4.00. The highest BCUT2D eigenvalue weighted by Crippen LogP contribution is 2.09. The van der Waals surface area contributed by atoms with Gasteiger partial charge in [0.2, 0.25) is 11.8 Å². The van der Waals surface area contributed by atoms with Crippen molar-refractivity contribution in [3.8, 4) is 0 Å². The molecule has 0 bridgehead atoms. The molecule has 0 spiro atoms. The number of carbonyl (C=O) groups is 4. The van der Waals surface area contributed by atoms with Crippen LogP contribution in [0.5, 0.6) is 0 Å². The first-order valence-electron chi connectivity index (χ1n) is 6.97. The van der Waals surface area contributed by atoms with Gasteiger partial charge in [0, 0.05) is 6.42 Å². The topological polar surface area (TPSA) is 159 Å². The molecule has 0 saturated heterocycles. The summed E-state index contributed by atoms with van der Waals surface area (Å²) in [4.78, 5) is 45.2. The summed E-state index contributed by atoms with van der Waals surface area (Å²) < 4.78 is 0. The Balaban J connectivity index is 4.94. The van der Waals surface area contributed by atoms with Crippen LogP contribution in [-0.4, -0.2) is 52.6 Å². The van der Waals surface area contributed by atoms with E-state index < -0.39 is 35.8 Å². The van der Waals surface area contributed by atoms with Crippen molar-refractivity contribution in [2.45, 2.75) is 45.2 Å². The largest absolute Gasteiger partial charge is 0.481 e. The summed E-state index contributed by atoms with van der Waals surface area (Å²) in [7, 11) is 0. The van der Waals surface area contributed by atoms with Crippen LogP contribution < -0.4 is 16.4 Å². The molecule has 0 aliphatic carbocycles. The van der Waals surface area contributed by atoms with Gasteiger partial charge in [0.15, 0.2) is 0 Å². The molecule has 0 radical (unpaired) electrons. The zero-order valence-corrected chi connectivity index (χ0v) is 12.7. The van der Waals surface area contributed by atoms with Crippen LogP contribution in [0.4, 0.5) is 0 Å². The van der Waals surface area contributed by atoms with E-state index in [1.807, 2.05) is 0 Å². The summed E-state index contributed by atoms with van der Waals surface area (Å²) in [6.45, 7) is 3.10. The molecule has 0 aromatic rings. The number of rotatable bonds is 10. The Morgan fingerprint density at radius 1 is 1.14 bits per heavy atom. The molecular weight excluding hydrogens is 294 g/mol. The molecule has 0 heterocycles. The zero-order chi connectivity index (χ0) is 17.3. The zero-order valence-electron chi connectivity index (χ0n) is 12.7. The maximum atomic E-state index is 12.1. The maximum Gasteiger partial charge on any atom is 0.326 e. The normalized spacial score (nSPS) is 14.5. The third-order valence-electron chi connectivity index (χ3n) is 3.26. The lowest BCUT2D eigenvalue weighted by atomic mass is 9.98. The van der Waals surface area contributed by atoms with Crippen LogP contribution >= 0.6 is 0 Å². The third kappa shape index (κ3) is 7.02. The first kappa shape index (κ1) is 19.8. The van der Waals surface area contributed by atoms with E-state index in [4.69, 9.17) is 15.9 Å². The second-order valence-corrected chi connectivity index (χ2v) is 4.97. The van der Waals surface area contributed by atoms with Crippen molar-refractivity contribution in [3.63, 3.8) is 0 Å². The van der Waals surface area contributed by atoms with Gasteiger partial charge in [-0.2, -0.15) is 0 Å². The summed E-state index contributed by atoms with van der Waals surface area (Å²) in [6.07, 6.45) is 0.0377. The number of carboxylic acid groups (broad SMARTS) is 2. The summed E-state index contributed by atoms with van der Waals surface area (Å²) in [5, 5.41) is 22.4. The minimum Gasteiger partial charge on any atom is -0.481 e. The molecule has 0 fully saturated rings. The highest BCUT2D eigenvalue weighted by Gasteiger charge is 2.29. The average molecular weight is 317 g/mol. The second kappa shape index (κ2) is 9.72. The van der Waals surface area contributed by atoms with E-state index in [9.17, 15) is 19.2 Å². The Kier molecular flexibility index (Phi) is 8.76. The third-order valence-corrected chi connectivity index (χ3v) is 3.26. The molecule has 9 heteroatoms. The van der Waals surface area contributed by atoms with Crippen molar-refractivity contribution in [3.05, 3.63) is 0 Å². The van der Waals surface area contributed by atoms with Crippen LogP contribution in [0.2, 0.25) is 0 Å². The van der Waals surface area contributed by atoms with Gasteiger partial charge in [-0.1, -0.05) is 20.3 Å². The fraction of sp³-hybridized carbons (Fsp3) is 0.692. The molecule has 0 rings (SSSR count). The van der Waals surface area contributed by atoms with Crippen LogP contribution in [0.15, 0.2) is 0 Å². The van der Waals surface area contributed by atoms with Gasteiger partial charge in [-0.3, -0.25) is 14.4 Å². The predicted octanol–water partition coefficient (Wildman–Crippen LogP) is -1.09. The number of hydrogen-bond donors (Lipinski definition) is 5. The second-order valence-electron chi connectivity index (χ2n) is 4.97. The molecule has 6 N–H and O–H groups in total. The van der Waals surface area contributed by atoms with Gasteiger partial charge in [-0.15, -0.1) is 0 Å². The van der Waals surface area contributed by atoms with Crippen LogP contribution in [0, 0.1) is 5.92 Å². The lowest BCUT2D eigenvalue weighted by molar-refractivity contribution is -0.144. The van der Waals surface area contributed by atoms with Crippen molar-refractivity contribution in [1.29, 1.82) is 0 Å². The van der Waals surface area contributed by atoms with Gasteiger partial charge in [-0.25, -0.2) is 4.79 Å². The Morgan fingerprint density at radius 2 is 1.73 bits per heavy atom. The van der Waals surface area contributed by atoms with E-state index in [2.05, 4.69) is 10.6 Å². The number of hydrogen-bond acceptors (Lipinski definition) is 5. The molecule has 3 atom stereocenters. The summed E-state index contributed by atoms with van der Waals surface area (Å²) in [5.41, 5.74) is 5.14. The molecule has 126 valence electrons. The number of amides is 2. The Bertz CT molecular complexity index is 426.